The number of pyridine rings is 1. The van der Waals surface area contributed by atoms with E-state index >= 15 is 0 Å². The van der Waals surface area contributed by atoms with Crippen molar-refractivity contribution >= 4 is 34.0 Å². The molecule has 0 aliphatic heterocycles. The lowest BCUT2D eigenvalue weighted by Crippen LogP contribution is -2.19. The summed E-state index contributed by atoms with van der Waals surface area (Å²) >= 11 is 1.58. The maximum atomic E-state index is 12.7. The van der Waals surface area contributed by atoms with Gasteiger partial charge in [-0.05, 0) is 36.6 Å². The highest BCUT2D eigenvalue weighted by Crippen LogP contribution is 2.45. The van der Waals surface area contributed by atoms with Crippen molar-refractivity contribution in [3.05, 3.63) is 50.6 Å². The van der Waals surface area contributed by atoms with Crippen molar-refractivity contribution < 1.29 is 19.4 Å². The molecule has 2 aliphatic carbocycles. The number of thiophene rings is 1. The van der Waals surface area contributed by atoms with Crippen LogP contribution in [0.1, 0.15) is 39.7 Å². The summed E-state index contributed by atoms with van der Waals surface area (Å²) in [5.74, 6) is -0.407. The average molecular weight is 395 g/mol. The summed E-state index contributed by atoms with van der Waals surface area (Å²) in [5, 5.41) is 9.78. The molecule has 142 valence electrons. The number of carbonyl (C=O) groups excluding carboxylic acids is 1. The number of aromatic nitrogens is 1. The number of rotatable bonds is 4. The summed E-state index contributed by atoms with van der Waals surface area (Å²) in [7, 11) is 1.57. The monoisotopic (exact) mass is 395 g/mol. The summed E-state index contributed by atoms with van der Waals surface area (Å²) in [6, 6.07) is 5.71. The van der Waals surface area contributed by atoms with E-state index in [-0.39, 0.29) is 17.4 Å². The molecule has 2 aliphatic rings. The molecule has 7 heteroatoms. The maximum Gasteiger partial charge on any atom is 0.341 e. The molecule has 0 atom stereocenters. The van der Waals surface area contributed by atoms with Crippen molar-refractivity contribution in [1.82, 2.24) is 4.57 Å². The molecular weight excluding hydrogens is 378 g/mol. The first kappa shape index (κ1) is 17.2. The number of hydrogen-bond acceptors (Lipinski definition) is 5. The lowest BCUT2D eigenvalue weighted by molar-refractivity contribution is -0.117. The molecule has 1 saturated carbocycles. The third-order valence-electron chi connectivity index (χ3n) is 5.43. The molecule has 0 spiro atoms. The van der Waals surface area contributed by atoms with Gasteiger partial charge in [-0.25, -0.2) is 4.79 Å². The molecule has 1 fully saturated rings. The van der Waals surface area contributed by atoms with Gasteiger partial charge in [0.1, 0.15) is 11.3 Å². The molecule has 0 bridgehead atoms. The summed E-state index contributed by atoms with van der Waals surface area (Å²) in [5.41, 5.74) is 1.85. The second-order valence-electron chi connectivity index (χ2n) is 7.31. The van der Waals surface area contributed by atoms with Gasteiger partial charge in [-0.15, -0.1) is 11.3 Å². The van der Waals surface area contributed by atoms with Crippen molar-refractivity contribution in [2.45, 2.75) is 31.7 Å². The summed E-state index contributed by atoms with van der Waals surface area (Å²) < 4.78 is 7.62. The van der Waals surface area contributed by atoms with E-state index in [2.05, 4.69) is 0 Å². The van der Waals surface area contributed by atoms with E-state index in [0.29, 0.717) is 29.5 Å². The Labute approximate surface area is 164 Å². The van der Waals surface area contributed by atoms with Crippen molar-refractivity contribution in [2.75, 3.05) is 7.11 Å². The standard InChI is InChI=1S/C21H17NO5S/c1-27-20-13(17-7-10-6-12(23)8-16(10)28-17)4-5-14-18(20)22(11-2-3-11)9-15(19(14)24)21(25)26/h4-5,7,9,11H,2-3,6,8H2,1H3,(H,25,26). The van der Waals surface area contributed by atoms with E-state index in [1.54, 1.807) is 24.5 Å². The third kappa shape index (κ3) is 2.50. The highest BCUT2D eigenvalue weighted by Gasteiger charge is 2.30. The summed E-state index contributed by atoms with van der Waals surface area (Å²) in [6.07, 6.45) is 4.28. The first-order chi connectivity index (χ1) is 13.5. The van der Waals surface area contributed by atoms with Gasteiger partial charge in [-0.2, -0.15) is 0 Å². The average Bonchev–Trinajstić information content (AvgIpc) is 3.34. The van der Waals surface area contributed by atoms with E-state index in [1.165, 1.54) is 6.20 Å². The number of Topliss-reactive ketones (excluding diaryl/α,β-unsaturated/α-hetero) is 1. The van der Waals surface area contributed by atoms with Gasteiger partial charge < -0.3 is 14.4 Å². The number of methoxy groups -OCH3 is 1. The fraction of sp³-hybridized carbons (Fsp3) is 0.286. The number of aromatic carboxylic acids is 1. The normalized spacial score (nSPS) is 15.8. The van der Waals surface area contributed by atoms with Crippen molar-refractivity contribution in [1.29, 1.82) is 0 Å². The Hall–Kier alpha value is -2.93. The zero-order chi connectivity index (χ0) is 19.6. The van der Waals surface area contributed by atoms with Crippen LogP contribution in [-0.2, 0) is 17.6 Å². The van der Waals surface area contributed by atoms with E-state index in [4.69, 9.17) is 4.74 Å². The fourth-order valence-corrected chi connectivity index (χ4v) is 5.20. The van der Waals surface area contributed by atoms with Crippen LogP contribution in [0.3, 0.4) is 0 Å². The molecule has 28 heavy (non-hydrogen) atoms. The SMILES string of the molecule is COc1c(-c2cc3c(s2)CC(=O)C3)ccc2c(=O)c(C(=O)O)cn(C3CC3)c12. The molecule has 3 aromatic rings. The number of benzene rings is 1. The van der Waals surface area contributed by atoms with E-state index in [0.717, 1.165) is 33.7 Å². The Kier molecular flexibility index (Phi) is 3.71. The van der Waals surface area contributed by atoms with Crippen LogP contribution in [0.4, 0.5) is 0 Å². The van der Waals surface area contributed by atoms with Crippen LogP contribution in [0.25, 0.3) is 21.3 Å². The highest BCUT2D eigenvalue weighted by molar-refractivity contribution is 7.16. The van der Waals surface area contributed by atoms with E-state index in [9.17, 15) is 19.5 Å². The molecule has 0 saturated heterocycles. The predicted molar refractivity (Wildman–Crippen MR) is 106 cm³/mol. The van der Waals surface area contributed by atoms with Crippen LogP contribution < -0.4 is 10.2 Å². The van der Waals surface area contributed by atoms with E-state index in [1.807, 2.05) is 16.7 Å². The van der Waals surface area contributed by atoms with Crippen molar-refractivity contribution in [3.63, 3.8) is 0 Å². The minimum Gasteiger partial charge on any atom is -0.494 e. The molecule has 0 radical (unpaired) electrons. The van der Waals surface area contributed by atoms with Gasteiger partial charge in [0.25, 0.3) is 0 Å². The third-order valence-corrected chi connectivity index (χ3v) is 6.64. The molecule has 5 rings (SSSR count). The molecule has 2 heterocycles. The predicted octanol–water partition coefficient (Wildman–Crippen LogP) is 3.44. The number of ether oxygens (including phenoxy) is 1. The van der Waals surface area contributed by atoms with Crippen LogP contribution in [0.2, 0.25) is 0 Å². The fourth-order valence-electron chi connectivity index (χ4n) is 3.96. The number of carbonyl (C=O) groups is 2. The summed E-state index contributed by atoms with van der Waals surface area (Å²) in [4.78, 5) is 38.0. The molecule has 1 aromatic carbocycles. The zero-order valence-corrected chi connectivity index (χ0v) is 16.0. The van der Waals surface area contributed by atoms with Crippen LogP contribution in [0.15, 0.2) is 29.2 Å². The van der Waals surface area contributed by atoms with Gasteiger partial charge in [0.05, 0.1) is 18.0 Å². The summed E-state index contributed by atoms with van der Waals surface area (Å²) in [6.45, 7) is 0. The maximum absolute atomic E-state index is 12.7. The van der Waals surface area contributed by atoms with Gasteiger partial charge >= 0.3 is 5.97 Å². The minimum atomic E-state index is -1.22. The van der Waals surface area contributed by atoms with Crippen LogP contribution in [-0.4, -0.2) is 28.5 Å². The highest BCUT2D eigenvalue weighted by atomic mass is 32.1. The first-order valence-corrected chi connectivity index (χ1v) is 9.92. The Bertz CT molecular complexity index is 1210. The molecular formula is C21H17NO5S. The van der Waals surface area contributed by atoms with Crippen LogP contribution in [0.5, 0.6) is 5.75 Å². The molecule has 0 unspecified atom stereocenters. The lowest BCUT2D eigenvalue weighted by Gasteiger charge is -2.17. The molecule has 6 nitrogen and oxygen atoms in total. The number of fused-ring (bicyclic) bond motifs is 2. The minimum absolute atomic E-state index is 0.177. The van der Waals surface area contributed by atoms with Gasteiger partial charge in [-0.3, -0.25) is 9.59 Å². The molecule has 2 aromatic heterocycles. The number of hydrogen-bond donors (Lipinski definition) is 1. The quantitative estimate of drug-likeness (QED) is 0.731. The zero-order valence-electron chi connectivity index (χ0n) is 15.2. The Morgan fingerprint density at radius 3 is 2.68 bits per heavy atom. The van der Waals surface area contributed by atoms with Gasteiger partial charge in [0.15, 0.2) is 5.75 Å². The first-order valence-electron chi connectivity index (χ1n) is 9.10. The van der Waals surface area contributed by atoms with Crippen LogP contribution in [0, 0.1) is 0 Å². The number of ketones is 1. The van der Waals surface area contributed by atoms with Gasteiger partial charge in [0.2, 0.25) is 5.43 Å². The molecule has 1 N–H and O–H groups in total. The largest absolute Gasteiger partial charge is 0.494 e. The second-order valence-corrected chi connectivity index (χ2v) is 8.45. The Balaban J connectivity index is 1.79. The smallest absolute Gasteiger partial charge is 0.341 e. The number of carboxylic acids is 1. The Morgan fingerprint density at radius 2 is 2.04 bits per heavy atom. The lowest BCUT2D eigenvalue weighted by atomic mass is 10.0. The van der Waals surface area contributed by atoms with Crippen molar-refractivity contribution in [2.24, 2.45) is 0 Å². The van der Waals surface area contributed by atoms with Crippen molar-refractivity contribution in [3.8, 4) is 16.2 Å². The van der Waals surface area contributed by atoms with E-state index < -0.39 is 11.4 Å². The second kappa shape index (κ2) is 6.04. The van der Waals surface area contributed by atoms with Gasteiger partial charge in [0, 0.05) is 40.4 Å². The topological polar surface area (TPSA) is 85.6 Å². The van der Waals surface area contributed by atoms with Crippen LogP contribution >= 0.6 is 11.3 Å². The van der Waals surface area contributed by atoms with Gasteiger partial charge in [-0.1, -0.05) is 0 Å². The molecule has 0 amide bonds. The Morgan fingerprint density at radius 1 is 1.25 bits per heavy atom. The number of nitrogens with zero attached hydrogens (tertiary/aromatic N) is 1. The number of carboxylic acid groups (broad SMARTS) is 1.